The Morgan fingerprint density at radius 3 is 2.43 bits per heavy atom. The average molecular weight is 425 g/mol. The Labute approximate surface area is 183 Å². The molecule has 7 heteroatoms. The van der Waals surface area contributed by atoms with Crippen LogP contribution >= 0.6 is 11.3 Å². The summed E-state index contributed by atoms with van der Waals surface area (Å²) in [5.41, 5.74) is 3.19. The third-order valence-electron chi connectivity index (χ3n) is 4.71. The van der Waals surface area contributed by atoms with Crippen molar-refractivity contribution in [1.29, 1.82) is 0 Å². The third kappa shape index (κ3) is 6.58. The van der Waals surface area contributed by atoms with Crippen LogP contribution in [-0.2, 0) is 0 Å². The topological polar surface area (TPSA) is 56.7 Å². The molecule has 3 rings (SSSR count). The molecule has 0 aliphatic rings. The van der Waals surface area contributed by atoms with Gasteiger partial charge in [0.15, 0.2) is 0 Å². The summed E-state index contributed by atoms with van der Waals surface area (Å²) in [5, 5.41) is 6.56. The number of nitrogens with zero attached hydrogens (tertiary/aromatic N) is 5. The second-order valence-corrected chi connectivity index (χ2v) is 8.83. The van der Waals surface area contributed by atoms with Crippen LogP contribution in [0.25, 0.3) is 21.5 Å². The molecule has 30 heavy (non-hydrogen) atoms. The Morgan fingerprint density at radius 2 is 1.70 bits per heavy atom. The van der Waals surface area contributed by atoms with E-state index < -0.39 is 0 Å². The van der Waals surface area contributed by atoms with Crippen LogP contribution in [0.5, 0.6) is 0 Å². The zero-order chi connectivity index (χ0) is 21.3. The molecule has 2 heterocycles. The quantitative estimate of drug-likeness (QED) is 0.371. The number of fused-ring (bicyclic) bond motifs is 1. The summed E-state index contributed by atoms with van der Waals surface area (Å²) < 4.78 is 0. The molecule has 0 bridgehead atoms. The molecule has 3 aromatic rings. The lowest BCUT2D eigenvalue weighted by Crippen LogP contribution is -2.17. The van der Waals surface area contributed by atoms with Crippen LogP contribution in [0.15, 0.2) is 40.7 Å². The first-order valence-electron chi connectivity index (χ1n) is 10.4. The average Bonchev–Trinajstić information content (AvgIpc) is 3.19. The van der Waals surface area contributed by atoms with Crippen LogP contribution in [0.2, 0.25) is 0 Å². The number of anilines is 1. The van der Waals surface area contributed by atoms with E-state index >= 15 is 0 Å². The van der Waals surface area contributed by atoms with Crippen molar-refractivity contribution in [2.45, 2.75) is 12.8 Å². The second-order valence-electron chi connectivity index (χ2n) is 7.93. The van der Waals surface area contributed by atoms with Crippen molar-refractivity contribution >= 4 is 33.7 Å². The summed E-state index contributed by atoms with van der Waals surface area (Å²) in [5.74, 6) is 0.699. The van der Waals surface area contributed by atoms with Gasteiger partial charge in [-0.15, -0.1) is 11.3 Å². The smallest absolute Gasteiger partial charge is 0.224 e. The fourth-order valence-corrected chi connectivity index (χ4v) is 3.89. The van der Waals surface area contributed by atoms with Gasteiger partial charge in [0.2, 0.25) is 5.95 Å². The molecule has 0 atom stereocenters. The van der Waals surface area contributed by atoms with Gasteiger partial charge in [0.25, 0.3) is 0 Å². The predicted octanol–water partition coefficient (Wildman–Crippen LogP) is 4.09. The summed E-state index contributed by atoms with van der Waals surface area (Å²) in [4.78, 5) is 19.4. The van der Waals surface area contributed by atoms with Crippen molar-refractivity contribution in [2.75, 3.05) is 59.7 Å². The summed E-state index contributed by atoms with van der Waals surface area (Å²) in [6, 6.07) is 10.6. The first kappa shape index (κ1) is 22.3. The van der Waals surface area contributed by atoms with Crippen molar-refractivity contribution in [3.63, 3.8) is 0 Å². The molecular formula is C23H32N6S. The van der Waals surface area contributed by atoms with Crippen LogP contribution in [0.3, 0.4) is 0 Å². The van der Waals surface area contributed by atoms with E-state index in [1.165, 1.54) is 0 Å². The zero-order valence-corrected chi connectivity index (χ0v) is 19.2. The van der Waals surface area contributed by atoms with Gasteiger partial charge in [-0.05, 0) is 71.1 Å². The highest BCUT2D eigenvalue weighted by molar-refractivity contribution is 7.16. The first-order valence-corrected chi connectivity index (χ1v) is 11.3. The Kier molecular flexibility index (Phi) is 8.30. The molecule has 0 unspecified atom stereocenters. The molecule has 0 saturated heterocycles. The molecule has 0 spiro atoms. The molecule has 0 fully saturated rings. The van der Waals surface area contributed by atoms with E-state index in [0.717, 1.165) is 66.1 Å². The van der Waals surface area contributed by atoms with E-state index in [2.05, 4.69) is 89.0 Å². The minimum Gasteiger partial charge on any atom is -0.354 e. The maximum absolute atomic E-state index is 4.83. The number of benzene rings is 1. The number of aliphatic imine (C=N–C) groups is 1. The van der Waals surface area contributed by atoms with Gasteiger partial charge < -0.3 is 15.1 Å². The van der Waals surface area contributed by atoms with E-state index in [4.69, 9.17) is 4.98 Å². The van der Waals surface area contributed by atoms with E-state index in [-0.39, 0.29) is 0 Å². The molecular weight excluding hydrogens is 392 g/mol. The molecule has 160 valence electrons. The highest BCUT2D eigenvalue weighted by Gasteiger charge is 2.11. The van der Waals surface area contributed by atoms with E-state index in [1.54, 1.807) is 11.3 Å². The van der Waals surface area contributed by atoms with Gasteiger partial charge in [0.05, 0.1) is 5.69 Å². The number of aromatic nitrogens is 2. The van der Waals surface area contributed by atoms with Crippen molar-refractivity contribution in [1.82, 2.24) is 19.8 Å². The van der Waals surface area contributed by atoms with Gasteiger partial charge in [-0.3, -0.25) is 4.99 Å². The first-order chi connectivity index (χ1) is 14.5. The molecule has 1 N–H and O–H groups in total. The molecule has 1 aromatic carbocycles. The molecule has 0 saturated carbocycles. The highest BCUT2D eigenvalue weighted by atomic mass is 32.1. The Balaban J connectivity index is 1.70. The summed E-state index contributed by atoms with van der Waals surface area (Å²) in [6.45, 7) is 3.81. The number of nitrogens with one attached hydrogen (secondary N) is 1. The van der Waals surface area contributed by atoms with Crippen LogP contribution in [0, 0.1) is 0 Å². The lowest BCUT2D eigenvalue weighted by Gasteiger charge is -2.11. The highest BCUT2D eigenvalue weighted by Crippen LogP contribution is 2.30. The Hall–Kier alpha value is -2.35. The maximum atomic E-state index is 4.83. The fraction of sp³-hybridized carbons (Fsp3) is 0.435. The summed E-state index contributed by atoms with van der Waals surface area (Å²) in [7, 11) is 8.35. The van der Waals surface area contributed by atoms with Gasteiger partial charge in [-0.2, -0.15) is 0 Å². The number of hydrogen-bond donors (Lipinski definition) is 1. The maximum Gasteiger partial charge on any atom is 0.224 e. The molecule has 0 amide bonds. The minimum atomic E-state index is 0.699. The van der Waals surface area contributed by atoms with Gasteiger partial charge in [-0.1, -0.05) is 24.3 Å². The van der Waals surface area contributed by atoms with Gasteiger partial charge in [0, 0.05) is 30.3 Å². The molecule has 6 nitrogen and oxygen atoms in total. The monoisotopic (exact) mass is 424 g/mol. The lowest BCUT2D eigenvalue weighted by molar-refractivity contribution is 0.403. The van der Waals surface area contributed by atoms with Crippen LogP contribution in [0.4, 0.5) is 5.95 Å². The zero-order valence-electron chi connectivity index (χ0n) is 18.4. The number of hydrogen-bond acceptors (Lipinski definition) is 7. The largest absolute Gasteiger partial charge is 0.354 e. The van der Waals surface area contributed by atoms with Crippen molar-refractivity contribution < 1.29 is 0 Å². The van der Waals surface area contributed by atoms with Crippen molar-refractivity contribution in [3.05, 3.63) is 41.3 Å². The molecule has 0 aliphatic carbocycles. The summed E-state index contributed by atoms with van der Waals surface area (Å²) >= 11 is 1.65. The Bertz CT molecular complexity index is 946. The summed E-state index contributed by atoms with van der Waals surface area (Å²) in [6.07, 6.45) is 4.08. The third-order valence-corrected chi connectivity index (χ3v) is 5.51. The van der Waals surface area contributed by atoms with Crippen molar-refractivity contribution in [2.24, 2.45) is 4.99 Å². The standard InChI is InChI=1S/C23H32N6S/c1-28(2)14-5-12-24-17-18-7-9-19(10-8-18)21-20-11-16-30-22(20)27-23(26-21)25-13-6-15-29(3)4/h7-11,16-17H,5-6,12-15H2,1-4H3,(H,25,26,27)/b24-17-. The fourth-order valence-electron chi connectivity index (χ4n) is 3.13. The van der Waals surface area contributed by atoms with Crippen LogP contribution in [-0.4, -0.2) is 80.4 Å². The van der Waals surface area contributed by atoms with Crippen LogP contribution in [0.1, 0.15) is 18.4 Å². The van der Waals surface area contributed by atoms with Gasteiger partial charge in [0.1, 0.15) is 4.83 Å². The van der Waals surface area contributed by atoms with E-state index in [9.17, 15) is 0 Å². The minimum absolute atomic E-state index is 0.699. The van der Waals surface area contributed by atoms with Crippen LogP contribution < -0.4 is 5.32 Å². The van der Waals surface area contributed by atoms with Crippen molar-refractivity contribution in [3.8, 4) is 11.3 Å². The SMILES string of the molecule is CN(C)CCC/N=C\c1ccc(-c2nc(NCCCN(C)C)nc3sccc23)cc1. The number of rotatable bonds is 11. The van der Waals surface area contributed by atoms with Gasteiger partial charge >= 0.3 is 0 Å². The normalized spacial score (nSPS) is 11.9. The predicted molar refractivity (Wildman–Crippen MR) is 130 cm³/mol. The molecule has 2 aromatic heterocycles. The lowest BCUT2D eigenvalue weighted by atomic mass is 10.1. The second kappa shape index (κ2) is 11.2. The molecule has 0 aliphatic heterocycles. The van der Waals surface area contributed by atoms with E-state index in [0.29, 0.717) is 5.95 Å². The Morgan fingerprint density at radius 1 is 0.967 bits per heavy atom. The molecule has 0 radical (unpaired) electrons. The van der Waals surface area contributed by atoms with Gasteiger partial charge in [-0.25, -0.2) is 9.97 Å². The van der Waals surface area contributed by atoms with E-state index in [1.807, 2.05) is 6.21 Å². The number of thiophene rings is 1.